The second-order valence-corrected chi connectivity index (χ2v) is 16.5. The number of rotatable bonds is 10. The van der Waals surface area contributed by atoms with Gasteiger partial charge in [0.05, 0.1) is 35.5 Å². The molecule has 298 valence electrons. The van der Waals surface area contributed by atoms with Gasteiger partial charge in [-0.05, 0) is 85.2 Å². The van der Waals surface area contributed by atoms with E-state index < -0.39 is 52.6 Å². The molecule has 3 aliphatic heterocycles. The molecule has 5 aliphatic rings. The van der Waals surface area contributed by atoms with E-state index in [4.69, 9.17) is 16.3 Å². The molecule has 3 saturated heterocycles. The highest BCUT2D eigenvalue weighted by Gasteiger charge is 2.71. The molecule has 0 spiro atoms. The molecule has 3 heterocycles. The maximum atomic E-state index is 15.5. The Morgan fingerprint density at radius 3 is 2.26 bits per heavy atom. The van der Waals surface area contributed by atoms with Crippen LogP contribution in [0.15, 0.2) is 115 Å². The highest BCUT2D eigenvalue weighted by atomic mass is 35.5. The summed E-state index contributed by atoms with van der Waals surface area (Å²) in [5.41, 5.74) is 4.99. The molecule has 58 heavy (non-hydrogen) atoms. The Balaban J connectivity index is 1.12. The second kappa shape index (κ2) is 15.4. The maximum absolute atomic E-state index is 15.5. The number of hydrogen-bond donors (Lipinski definition) is 2. The van der Waals surface area contributed by atoms with E-state index in [1.54, 1.807) is 36.4 Å². The number of allylic oxidation sites excluding steroid dienone is 2. The summed E-state index contributed by atoms with van der Waals surface area (Å²) in [5.74, 6) is -5.08. The standard InChI is InChI=1S/C46H44ClFN4O6/c47-30-12-10-29(11-13-30)46-38(43(55)52(45(46)57)49-32-16-14-31(48)15-17-32)26-37-34(41(46)35-8-4-5-9-39(35)58-25-24-53)18-19-36-40(37)44(56)51(42(36)54)33-20-22-50(23-21-33)27-28-6-2-1-3-7-28/h1-18,33,36-38,40-41,49,53H,19-27H2/t36-,37+,38-,40-,41+,46+/m0/s1. The summed E-state index contributed by atoms with van der Waals surface area (Å²) in [6.07, 6.45) is 3.82. The van der Waals surface area contributed by atoms with E-state index in [-0.39, 0.29) is 37.5 Å². The van der Waals surface area contributed by atoms with Gasteiger partial charge in [-0.15, -0.1) is 0 Å². The Morgan fingerprint density at radius 1 is 0.828 bits per heavy atom. The first-order valence-corrected chi connectivity index (χ1v) is 20.4. The zero-order valence-corrected chi connectivity index (χ0v) is 32.6. The van der Waals surface area contributed by atoms with Crippen LogP contribution >= 0.6 is 11.6 Å². The number of aliphatic hydroxyl groups excluding tert-OH is 1. The molecule has 9 rings (SSSR count). The van der Waals surface area contributed by atoms with Gasteiger partial charge in [-0.2, -0.15) is 5.01 Å². The predicted octanol–water partition coefficient (Wildman–Crippen LogP) is 6.50. The lowest BCUT2D eigenvalue weighted by atomic mass is 9.49. The largest absolute Gasteiger partial charge is 0.491 e. The lowest BCUT2D eigenvalue weighted by molar-refractivity contribution is -0.144. The Labute approximate surface area is 341 Å². The van der Waals surface area contributed by atoms with Crippen LogP contribution in [0.1, 0.15) is 48.3 Å². The number of hydrazine groups is 1. The van der Waals surface area contributed by atoms with Crippen LogP contribution in [0, 0.1) is 29.5 Å². The first-order valence-electron chi connectivity index (χ1n) is 20.0. The van der Waals surface area contributed by atoms with Crippen molar-refractivity contribution >= 4 is 40.9 Å². The molecule has 1 saturated carbocycles. The molecule has 0 unspecified atom stereocenters. The van der Waals surface area contributed by atoms with Gasteiger partial charge in [-0.1, -0.05) is 83.9 Å². The molecular weight excluding hydrogens is 759 g/mol. The number of para-hydroxylation sites is 1. The van der Waals surface area contributed by atoms with Gasteiger partial charge in [0, 0.05) is 42.2 Å². The number of benzene rings is 4. The first-order chi connectivity index (χ1) is 28.2. The van der Waals surface area contributed by atoms with Crippen molar-refractivity contribution in [1.82, 2.24) is 14.8 Å². The van der Waals surface area contributed by atoms with Crippen molar-refractivity contribution in [2.75, 3.05) is 31.7 Å². The quantitative estimate of drug-likeness (QED) is 0.138. The fourth-order valence-corrected chi connectivity index (χ4v) is 10.7. The van der Waals surface area contributed by atoms with Crippen molar-refractivity contribution in [1.29, 1.82) is 0 Å². The third kappa shape index (κ3) is 6.31. The van der Waals surface area contributed by atoms with E-state index in [0.717, 1.165) is 30.2 Å². The zero-order valence-electron chi connectivity index (χ0n) is 31.8. The fourth-order valence-electron chi connectivity index (χ4n) is 10.6. The van der Waals surface area contributed by atoms with Crippen molar-refractivity contribution in [2.45, 2.75) is 49.6 Å². The topological polar surface area (TPSA) is 119 Å². The Kier molecular flexibility index (Phi) is 10.2. The number of likely N-dealkylation sites (tertiary alicyclic amines) is 2. The number of nitrogens with zero attached hydrogens (tertiary/aromatic N) is 3. The molecule has 2 aliphatic carbocycles. The minimum absolute atomic E-state index is 0.00841. The van der Waals surface area contributed by atoms with Crippen LogP contribution in [0.4, 0.5) is 10.1 Å². The summed E-state index contributed by atoms with van der Waals surface area (Å²) in [4.78, 5) is 63.6. The predicted molar refractivity (Wildman–Crippen MR) is 215 cm³/mol. The van der Waals surface area contributed by atoms with Crippen molar-refractivity contribution in [2.24, 2.45) is 23.7 Å². The number of ether oxygens (including phenoxy) is 1. The van der Waals surface area contributed by atoms with Crippen LogP contribution in [-0.2, 0) is 31.1 Å². The molecule has 0 bridgehead atoms. The zero-order chi connectivity index (χ0) is 40.1. The van der Waals surface area contributed by atoms with E-state index in [2.05, 4.69) is 22.5 Å². The summed E-state index contributed by atoms with van der Waals surface area (Å²) in [6, 6.07) is 29.7. The number of amides is 4. The average Bonchev–Trinajstić information content (AvgIpc) is 3.62. The van der Waals surface area contributed by atoms with Crippen LogP contribution in [-0.4, -0.2) is 75.9 Å². The molecule has 12 heteroatoms. The number of imide groups is 2. The molecule has 10 nitrogen and oxygen atoms in total. The monoisotopic (exact) mass is 802 g/mol. The van der Waals surface area contributed by atoms with Gasteiger partial charge in [0.25, 0.3) is 11.8 Å². The van der Waals surface area contributed by atoms with Gasteiger partial charge in [-0.25, -0.2) is 4.39 Å². The summed E-state index contributed by atoms with van der Waals surface area (Å²) in [5, 5.41) is 11.3. The Bertz CT molecular complexity index is 2260. The number of halogens is 2. The molecule has 2 N–H and O–H groups in total. The second-order valence-electron chi connectivity index (χ2n) is 16.0. The number of nitrogens with one attached hydrogen (secondary N) is 1. The van der Waals surface area contributed by atoms with E-state index >= 15 is 4.79 Å². The highest BCUT2D eigenvalue weighted by Crippen LogP contribution is 2.65. The maximum Gasteiger partial charge on any atom is 0.260 e. The minimum atomic E-state index is -1.54. The van der Waals surface area contributed by atoms with Crippen LogP contribution in [0.3, 0.4) is 0 Å². The molecule has 0 radical (unpaired) electrons. The van der Waals surface area contributed by atoms with Crippen molar-refractivity contribution in [3.8, 4) is 5.75 Å². The van der Waals surface area contributed by atoms with E-state index in [9.17, 15) is 23.9 Å². The van der Waals surface area contributed by atoms with Crippen molar-refractivity contribution in [3.05, 3.63) is 142 Å². The number of carbonyl (C=O) groups is 4. The molecule has 4 aromatic rings. The SMILES string of the molecule is O=C1[C@@H]2C[C@@H]3C(=CC[C@@H]4C(=O)N(C5CCN(Cc6ccccc6)CC5)C(=O)[C@@H]43)[C@H](c3ccccc3OCCO)[C@]2(c2ccc(Cl)cc2)C(=O)N1Nc1ccc(F)cc1. The summed E-state index contributed by atoms with van der Waals surface area (Å²) >= 11 is 6.43. The van der Waals surface area contributed by atoms with E-state index in [0.29, 0.717) is 46.8 Å². The average molecular weight is 803 g/mol. The van der Waals surface area contributed by atoms with Crippen LogP contribution < -0.4 is 10.2 Å². The van der Waals surface area contributed by atoms with Gasteiger partial charge in [-0.3, -0.25) is 34.4 Å². The number of carbonyl (C=O) groups excluding carboxylic acids is 4. The fraction of sp³-hybridized carbons (Fsp3) is 0.348. The van der Waals surface area contributed by atoms with Gasteiger partial charge < -0.3 is 9.84 Å². The van der Waals surface area contributed by atoms with Crippen LogP contribution in [0.2, 0.25) is 5.02 Å². The summed E-state index contributed by atoms with van der Waals surface area (Å²) in [7, 11) is 0. The number of anilines is 1. The number of aliphatic hydroxyl groups is 1. The van der Waals surface area contributed by atoms with Gasteiger partial charge >= 0.3 is 0 Å². The smallest absolute Gasteiger partial charge is 0.260 e. The first kappa shape index (κ1) is 38.2. The van der Waals surface area contributed by atoms with Gasteiger partial charge in [0.1, 0.15) is 18.2 Å². The Hall–Kier alpha value is -5.36. The van der Waals surface area contributed by atoms with Crippen LogP contribution in [0.25, 0.3) is 0 Å². The summed E-state index contributed by atoms with van der Waals surface area (Å²) in [6.45, 7) is 2.06. The third-order valence-electron chi connectivity index (χ3n) is 13.0. The molecule has 4 fully saturated rings. The molecule has 4 amide bonds. The lowest BCUT2D eigenvalue weighted by Crippen LogP contribution is -2.53. The molecule has 6 atom stereocenters. The molecule has 0 aromatic heterocycles. The Morgan fingerprint density at radius 2 is 1.53 bits per heavy atom. The van der Waals surface area contributed by atoms with Gasteiger partial charge in [0.2, 0.25) is 11.8 Å². The number of hydrogen-bond acceptors (Lipinski definition) is 8. The van der Waals surface area contributed by atoms with Gasteiger partial charge in [0.15, 0.2) is 0 Å². The van der Waals surface area contributed by atoms with Crippen molar-refractivity contribution < 1.29 is 33.4 Å². The minimum Gasteiger partial charge on any atom is -0.491 e. The normalized spacial score (nSPS) is 27.3. The number of fused-ring (bicyclic) bond motifs is 4. The molecule has 4 aromatic carbocycles. The van der Waals surface area contributed by atoms with Crippen LogP contribution in [0.5, 0.6) is 5.75 Å². The van der Waals surface area contributed by atoms with Crippen molar-refractivity contribution in [3.63, 3.8) is 0 Å². The van der Waals surface area contributed by atoms with E-state index in [1.165, 1.54) is 34.7 Å². The van der Waals surface area contributed by atoms with E-state index in [1.807, 2.05) is 36.4 Å². The highest BCUT2D eigenvalue weighted by molar-refractivity contribution is 6.30. The third-order valence-corrected chi connectivity index (χ3v) is 13.3. The molecular formula is C46H44ClFN4O6. The lowest BCUT2D eigenvalue weighted by Gasteiger charge is -2.50. The number of piperidine rings is 1. The summed E-state index contributed by atoms with van der Waals surface area (Å²) < 4.78 is 20.1.